The zero-order valence-corrected chi connectivity index (χ0v) is 14.5. The zero-order chi connectivity index (χ0) is 15.3. The van der Waals surface area contributed by atoms with E-state index in [0.29, 0.717) is 5.88 Å². The lowest BCUT2D eigenvalue weighted by Crippen LogP contribution is -2.36. The number of anilines is 1. The summed E-state index contributed by atoms with van der Waals surface area (Å²) in [5, 5.41) is 4.49. The predicted molar refractivity (Wildman–Crippen MR) is 89.0 cm³/mol. The second-order valence-electron chi connectivity index (χ2n) is 6.02. The fourth-order valence-corrected chi connectivity index (χ4v) is 2.53. The smallest absolute Gasteiger partial charge is 0.233 e. The number of nitrogens with zero attached hydrogens (tertiary/aromatic N) is 2. The van der Waals surface area contributed by atoms with Crippen LogP contribution in [0, 0.1) is 0 Å². The highest BCUT2D eigenvalue weighted by Crippen LogP contribution is 2.32. The fraction of sp³-hybridized carbons (Fsp3) is 0.667. The molecule has 0 saturated carbocycles. The van der Waals surface area contributed by atoms with Crippen molar-refractivity contribution in [3.8, 4) is 5.88 Å². The minimum atomic E-state index is 0.126. The summed E-state index contributed by atoms with van der Waals surface area (Å²) in [7, 11) is 5.66. The van der Waals surface area contributed by atoms with E-state index < -0.39 is 0 Å². The highest BCUT2D eigenvalue weighted by molar-refractivity contribution is 7.16. The fourth-order valence-electron chi connectivity index (χ4n) is 1.58. The van der Waals surface area contributed by atoms with Crippen molar-refractivity contribution in [3.63, 3.8) is 0 Å². The molecular weight excluding hydrogens is 270 g/mol. The van der Waals surface area contributed by atoms with Gasteiger partial charge in [-0.3, -0.25) is 0 Å². The van der Waals surface area contributed by atoms with Crippen molar-refractivity contribution in [2.45, 2.75) is 39.7 Å². The molecule has 0 bridgehead atoms. The number of methoxy groups -OCH3 is 1. The van der Waals surface area contributed by atoms with Gasteiger partial charge in [-0.15, -0.1) is 0 Å². The third-order valence-corrected chi connectivity index (χ3v) is 3.97. The van der Waals surface area contributed by atoms with E-state index in [1.54, 1.807) is 18.4 Å². The Morgan fingerprint density at radius 2 is 2.05 bits per heavy atom. The molecular formula is C15H27N3OS. The molecule has 0 aliphatic heterocycles. The minimum Gasteiger partial charge on any atom is -0.480 e. The van der Waals surface area contributed by atoms with Crippen LogP contribution in [0.3, 0.4) is 0 Å². The molecule has 4 nitrogen and oxygen atoms in total. The number of rotatable bonds is 6. The van der Waals surface area contributed by atoms with Crippen LogP contribution < -0.4 is 15.0 Å². The van der Waals surface area contributed by atoms with E-state index in [0.717, 1.165) is 23.0 Å². The lowest BCUT2D eigenvalue weighted by molar-refractivity contribution is 0.400. The number of thiazole rings is 1. The minimum absolute atomic E-state index is 0.126. The molecule has 20 heavy (non-hydrogen) atoms. The van der Waals surface area contributed by atoms with Crippen molar-refractivity contribution in [2.75, 3.05) is 32.6 Å². The van der Waals surface area contributed by atoms with Crippen LogP contribution in [-0.4, -0.2) is 38.3 Å². The van der Waals surface area contributed by atoms with E-state index in [-0.39, 0.29) is 5.54 Å². The first-order chi connectivity index (χ1) is 9.26. The Hall–Kier alpha value is -1.07. The Balaban J connectivity index is 2.94. The van der Waals surface area contributed by atoms with Crippen LogP contribution in [0.5, 0.6) is 5.88 Å². The largest absolute Gasteiger partial charge is 0.480 e. The number of aromatic nitrogens is 1. The molecule has 0 aliphatic rings. The van der Waals surface area contributed by atoms with Crippen LogP contribution in [0.4, 0.5) is 5.13 Å². The van der Waals surface area contributed by atoms with Crippen LogP contribution in [0.2, 0.25) is 0 Å². The molecule has 0 atom stereocenters. The van der Waals surface area contributed by atoms with Gasteiger partial charge in [0.15, 0.2) is 5.13 Å². The number of ether oxygens (including phenoxy) is 1. The van der Waals surface area contributed by atoms with E-state index in [9.17, 15) is 0 Å². The Labute approximate surface area is 126 Å². The molecule has 1 N–H and O–H groups in total. The number of hydrogen-bond donors (Lipinski definition) is 1. The average Bonchev–Trinajstić information content (AvgIpc) is 2.76. The molecule has 0 spiro atoms. The Morgan fingerprint density at radius 1 is 1.40 bits per heavy atom. The maximum absolute atomic E-state index is 5.37. The molecule has 0 saturated heterocycles. The first kappa shape index (κ1) is 17.0. The first-order valence-corrected chi connectivity index (χ1v) is 7.75. The first-order valence-electron chi connectivity index (χ1n) is 6.93. The van der Waals surface area contributed by atoms with Crippen molar-refractivity contribution in [1.82, 2.24) is 10.3 Å². The van der Waals surface area contributed by atoms with Crippen molar-refractivity contribution in [1.29, 1.82) is 0 Å². The van der Waals surface area contributed by atoms with Gasteiger partial charge >= 0.3 is 0 Å². The van der Waals surface area contributed by atoms with Gasteiger partial charge < -0.3 is 15.0 Å². The van der Waals surface area contributed by atoms with Crippen molar-refractivity contribution < 1.29 is 4.74 Å². The summed E-state index contributed by atoms with van der Waals surface area (Å²) in [5.74, 6) is 0.709. The Bertz CT molecular complexity index is 458. The summed E-state index contributed by atoms with van der Waals surface area (Å²) in [6.07, 6.45) is 3.21. The molecule has 1 aromatic heterocycles. The number of nitrogens with one attached hydrogen (secondary N) is 1. The van der Waals surface area contributed by atoms with Crippen LogP contribution in [-0.2, 0) is 0 Å². The zero-order valence-electron chi connectivity index (χ0n) is 13.7. The second kappa shape index (κ2) is 7.09. The van der Waals surface area contributed by atoms with Gasteiger partial charge in [-0.05, 0) is 33.3 Å². The van der Waals surface area contributed by atoms with E-state index in [4.69, 9.17) is 4.74 Å². The van der Waals surface area contributed by atoms with Crippen LogP contribution >= 0.6 is 11.3 Å². The second-order valence-corrected chi connectivity index (χ2v) is 7.03. The molecule has 5 heteroatoms. The predicted octanol–water partition coefficient (Wildman–Crippen LogP) is 3.40. The SMILES string of the molecule is CCC(=Cc1sc(N(C)C)nc1OC)CNC(C)(C)C. The molecule has 1 heterocycles. The van der Waals surface area contributed by atoms with Crippen LogP contribution in [0.15, 0.2) is 5.57 Å². The molecule has 0 aliphatic carbocycles. The summed E-state index contributed by atoms with van der Waals surface area (Å²) >= 11 is 1.65. The summed E-state index contributed by atoms with van der Waals surface area (Å²) < 4.78 is 5.37. The van der Waals surface area contributed by atoms with Crippen molar-refractivity contribution in [2.24, 2.45) is 0 Å². The summed E-state index contributed by atoms with van der Waals surface area (Å²) in [6.45, 7) is 9.60. The van der Waals surface area contributed by atoms with E-state index in [1.165, 1.54) is 5.57 Å². The van der Waals surface area contributed by atoms with Crippen molar-refractivity contribution in [3.05, 3.63) is 10.5 Å². The third kappa shape index (κ3) is 5.13. The summed E-state index contributed by atoms with van der Waals surface area (Å²) in [5.41, 5.74) is 1.48. The van der Waals surface area contributed by atoms with E-state index in [1.807, 2.05) is 19.0 Å². The molecule has 1 aromatic rings. The molecule has 114 valence electrons. The molecule has 0 unspecified atom stereocenters. The third-order valence-electron chi connectivity index (χ3n) is 2.82. The van der Waals surface area contributed by atoms with E-state index >= 15 is 0 Å². The van der Waals surface area contributed by atoms with Gasteiger partial charge in [0.25, 0.3) is 0 Å². The molecule has 0 amide bonds. The summed E-state index contributed by atoms with van der Waals surface area (Å²) in [4.78, 5) is 7.57. The highest BCUT2D eigenvalue weighted by atomic mass is 32.1. The normalized spacial score (nSPS) is 12.7. The van der Waals surface area contributed by atoms with Gasteiger partial charge in [0.05, 0.1) is 12.0 Å². The molecule has 0 fully saturated rings. The molecule has 0 radical (unpaired) electrons. The van der Waals surface area contributed by atoms with Crippen molar-refractivity contribution >= 4 is 22.5 Å². The standard InChI is InChI=1S/C15H27N3OS/c1-8-11(10-16-15(2,3)4)9-12-13(19-7)17-14(20-12)18(5)6/h9,16H,8,10H2,1-7H3. The van der Waals surface area contributed by atoms with E-state index in [2.05, 4.69) is 44.1 Å². The van der Waals surface area contributed by atoms with Gasteiger partial charge in [-0.25, -0.2) is 0 Å². The van der Waals surface area contributed by atoms with Gasteiger partial charge in [0.1, 0.15) is 0 Å². The lowest BCUT2D eigenvalue weighted by Gasteiger charge is -2.21. The topological polar surface area (TPSA) is 37.4 Å². The van der Waals surface area contributed by atoms with Gasteiger partial charge in [0, 0.05) is 26.2 Å². The highest BCUT2D eigenvalue weighted by Gasteiger charge is 2.13. The average molecular weight is 297 g/mol. The quantitative estimate of drug-likeness (QED) is 0.873. The maximum Gasteiger partial charge on any atom is 0.233 e. The number of hydrogen-bond acceptors (Lipinski definition) is 5. The van der Waals surface area contributed by atoms with Gasteiger partial charge in [-0.1, -0.05) is 23.8 Å². The molecule has 0 aromatic carbocycles. The van der Waals surface area contributed by atoms with Gasteiger partial charge in [0.2, 0.25) is 5.88 Å². The van der Waals surface area contributed by atoms with Gasteiger partial charge in [-0.2, -0.15) is 4.98 Å². The van der Waals surface area contributed by atoms with Crippen LogP contribution in [0.1, 0.15) is 39.0 Å². The monoisotopic (exact) mass is 297 g/mol. The Morgan fingerprint density at radius 3 is 2.50 bits per heavy atom. The maximum atomic E-state index is 5.37. The summed E-state index contributed by atoms with van der Waals surface area (Å²) in [6, 6.07) is 0. The Kier molecular flexibility index (Phi) is 6.02. The lowest BCUT2D eigenvalue weighted by atomic mass is 10.1. The molecule has 1 rings (SSSR count). The van der Waals surface area contributed by atoms with Crippen LogP contribution in [0.25, 0.3) is 6.08 Å².